The smallest absolute Gasteiger partial charge is 0.220 e. The maximum absolute atomic E-state index is 11.9. The molecule has 1 saturated heterocycles. The highest BCUT2D eigenvalue weighted by molar-refractivity contribution is 7.10. The van der Waals surface area contributed by atoms with Crippen LogP contribution in [0.1, 0.15) is 50.4 Å². The largest absolute Gasteiger partial charge is 0.354 e. The predicted octanol–water partition coefficient (Wildman–Crippen LogP) is 3.44. The molecule has 20 heavy (non-hydrogen) atoms. The van der Waals surface area contributed by atoms with E-state index in [1.165, 1.54) is 17.7 Å². The lowest BCUT2D eigenvalue weighted by atomic mass is 10.1. The Labute approximate surface area is 126 Å². The highest BCUT2D eigenvalue weighted by atomic mass is 32.1. The third-order valence-corrected chi connectivity index (χ3v) is 4.87. The number of thiophene rings is 1. The van der Waals surface area contributed by atoms with Crippen molar-refractivity contribution in [2.75, 3.05) is 19.6 Å². The van der Waals surface area contributed by atoms with Crippen LogP contribution in [0.4, 0.5) is 0 Å². The van der Waals surface area contributed by atoms with Crippen molar-refractivity contribution < 1.29 is 4.79 Å². The Morgan fingerprint density at radius 3 is 2.75 bits per heavy atom. The molecule has 0 aliphatic carbocycles. The highest BCUT2D eigenvalue weighted by Gasteiger charge is 2.24. The summed E-state index contributed by atoms with van der Waals surface area (Å²) in [7, 11) is 0. The average Bonchev–Trinajstić information content (AvgIpc) is 3.09. The summed E-state index contributed by atoms with van der Waals surface area (Å²) in [6, 6.07) is 4.65. The van der Waals surface area contributed by atoms with Crippen molar-refractivity contribution in [1.29, 1.82) is 0 Å². The summed E-state index contributed by atoms with van der Waals surface area (Å²) in [6.07, 6.45) is 4.18. The first kappa shape index (κ1) is 15.5. The second-order valence-electron chi connectivity index (χ2n) is 6.01. The van der Waals surface area contributed by atoms with E-state index in [2.05, 4.69) is 41.6 Å². The fourth-order valence-electron chi connectivity index (χ4n) is 2.66. The number of hydrogen-bond acceptors (Lipinski definition) is 3. The molecule has 1 atom stereocenters. The summed E-state index contributed by atoms with van der Waals surface area (Å²) in [4.78, 5) is 15.8. The van der Waals surface area contributed by atoms with Gasteiger partial charge in [0.1, 0.15) is 0 Å². The van der Waals surface area contributed by atoms with E-state index >= 15 is 0 Å². The summed E-state index contributed by atoms with van der Waals surface area (Å²) < 4.78 is 0. The van der Waals surface area contributed by atoms with Gasteiger partial charge >= 0.3 is 0 Å². The van der Waals surface area contributed by atoms with Gasteiger partial charge in [-0.05, 0) is 49.7 Å². The summed E-state index contributed by atoms with van der Waals surface area (Å²) in [5.41, 5.74) is 0. The van der Waals surface area contributed by atoms with Crippen LogP contribution in [0.25, 0.3) is 0 Å². The van der Waals surface area contributed by atoms with E-state index in [1.54, 1.807) is 11.3 Å². The van der Waals surface area contributed by atoms with Gasteiger partial charge in [0.05, 0.1) is 6.04 Å². The lowest BCUT2D eigenvalue weighted by molar-refractivity contribution is -0.121. The summed E-state index contributed by atoms with van der Waals surface area (Å²) in [5.74, 6) is 0.784. The molecular weight excluding hydrogens is 268 g/mol. The van der Waals surface area contributed by atoms with Gasteiger partial charge in [0.25, 0.3) is 0 Å². The van der Waals surface area contributed by atoms with Crippen molar-refractivity contribution in [1.82, 2.24) is 10.2 Å². The van der Waals surface area contributed by atoms with Gasteiger partial charge < -0.3 is 5.32 Å². The molecular formula is C16H26N2OS. The van der Waals surface area contributed by atoms with Crippen molar-refractivity contribution in [3.63, 3.8) is 0 Å². The second-order valence-corrected chi connectivity index (χ2v) is 6.99. The molecule has 1 aromatic heterocycles. The normalized spacial score (nSPS) is 17.6. The summed E-state index contributed by atoms with van der Waals surface area (Å²) in [6.45, 7) is 7.38. The van der Waals surface area contributed by atoms with Crippen LogP contribution in [0.5, 0.6) is 0 Å². The molecule has 1 aromatic rings. The number of nitrogens with zero attached hydrogens (tertiary/aromatic N) is 1. The Balaban J connectivity index is 1.86. The van der Waals surface area contributed by atoms with Crippen molar-refractivity contribution in [2.45, 2.75) is 45.6 Å². The van der Waals surface area contributed by atoms with Crippen LogP contribution in [0, 0.1) is 5.92 Å². The molecule has 112 valence electrons. The zero-order valence-corrected chi connectivity index (χ0v) is 13.4. The van der Waals surface area contributed by atoms with Crippen LogP contribution < -0.4 is 5.32 Å². The molecule has 1 aliphatic rings. The molecule has 1 unspecified atom stereocenters. The lowest BCUT2D eigenvalue weighted by Crippen LogP contribution is -2.36. The molecule has 1 aliphatic heterocycles. The maximum atomic E-state index is 11.9. The molecule has 0 spiro atoms. The number of hydrogen-bond donors (Lipinski definition) is 1. The van der Waals surface area contributed by atoms with E-state index in [0.29, 0.717) is 18.4 Å². The molecule has 0 radical (unpaired) electrons. The number of carbonyl (C=O) groups is 1. The quantitative estimate of drug-likeness (QED) is 0.835. The molecule has 1 fully saturated rings. The van der Waals surface area contributed by atoms with Crippen molar-refractivity contribution in [3.05, 3.63) is 22.4 Å². The SMILES string of the molecule is CC(C)CCC(=O)NCC(c1cccs1)N1CCCC1. The minimum absolute atomic E-state index is 0.194. The number of nitrogens with one attached hydrogen (secondary N) is 1. The summed E-state index contributed by atoms with van der Waals surface area (Å²) >= 11 is 1.79. The Bertz CT molecular complexity index is 397. The van der Waals surface area contributed by atoms with Gasteiger partial charge in [-0.25, -0.2) is 0 Å². The van der Waals surface area contributed by atoms with Crippen molar-refractivity contribution in [3.8, 4) is 0 Å². The van der Waals surface area contributed by atoms with Crippen LogP contribution in [0.15, 0.2) is 17.5 Å². The second kappa shape index (κ2) is 7.79. The zero-order valence-electron chi connectivity index (χ0n) is 12.6. The predicted molar refractivity (Wildman–Crippen MR) is 84.9 cm³/mol. The molecule has 0 bridgehead atoms. The molecule has 0 aromatic carbocycles. The topological polar surface area (TPSA) is 32.3 Å². The van der Waals surface area contributed by atoms with Gasteiger partial charge in [0.2, 0.25) is 5.91 Å². The standard InChI is InChI=1S/C16H26N2OS/c1-13(2)7-8-16(19)17-12-14(15-6-5-11-20-15)18-9-3-4-10-18/h5-6,11,13-14H,3-4,7-10,12H2,1-2H3,(H,17,19). The first-order chi connectivity index (χ1) is 9.66. The van der Waals surface area contributed by atoms with Crippen LogP contribution in [-0.2, 0) is 4.79 Å². The van der Waals surface area contributed by atoms with Gasteiger partial charge in [0, 0.05) is 17.8 Å². The molecule has 2 heterocycles. The van der Waals surface area contributed by atoms with E-state index in [1.807, 2.05) is 0 Å². The zero-order chi connectivity index (χ0) is 14.4. The van der Waals surface area contributed by atoms with Gasteiger partial charge in [-0.15, -0.1) is 11.3 Å². The third-order valence-electron chi connectivity index (χ3n) is 3.89. The number of likely N-dealkylation sites (tertiary alicyclic amines) is 1. The Morgan fingerprint density at radius 2 is 2.15 bits per heavy atom. The molecule has 2 rings (SSSR count). The average molecular weight is 294 g/mol. The monoisotopic (exact) mass is 294 g/mol. The van der Waals surface area contributed by atoms with Crippen LogP contribution >= 0.6 is 11.3 Å². The molecule has 1 amide bonds. The lowest BCUT2D eigenvalue weighted by Gasteiger charge is -2.27. The number of amides is 1. The van der Waals surface area contributed by atoms with Gasteiger partial charge in [-0.2, -0.15) is 0 Å². The highest BCUT2D eigenvalue weighted by Crippen LogP contribution is 2.27. The Hall–Kier alpha value is -0.870. The van der Waals surface area contributed by atoms with Crippen LogP contribution in [0.2, 0.25) is 0 Å². The molecule has 4 heteroatoms. The fourth-order valence-corrected chi connectivity index (χ4v) is 3.52. The van der Waals surface area contributed by atoms with Gasteiger partial charge in [0.15, 0.2) is 0 Å². The Morgan fingerprint density at radius 1 is 1.40 bits per heavy atom. The van der Waals surface area contributed by atoms with E-state index in [-0.39, 0.29) is 5.91 Å². The fraction of sp³-hybridized carbons (Fsp3) is 0.688. The minimum atomic E-state index is 0.194. The van der Waals surface area contributed by atoms with Crippen LogP contribution in [-0.4, -0.2) is 30.4 Å². The van der Waals surface area contributed by atoms with Crippen LogP contribution in [0.3, 0.4) is 0 Å². The van der Waals surface area contributed by atoms with Crippen molar-refractivity contribution in [2.24, 2.45) is 5.92 Å². The maximum Gasteiger partial charge on any atom is 0.220 e. The first-order valence-corrected chi connectivity index (χ1v) is 8.59. The van der Waals surface area contributed by atoms with E-state index in [4.69, 9.17) is 0 Å². The van der Waals surface area contributed by atoms with Gasteiger partial charge in [-0.3, -0.25) is 9.69 Å². The Kier molecular flexibility index (Phi) is 6.05. The number of carbonyl (C=O) groups excluding carboxylic acids is 1. The molecule has 1 N–H and O–H groups in total. The first-order valence-electron chi connectivity index (χ1n) is 7.71. The minimum Gasteiger partial charge on any atom is -0.354 e. The number of rotatable bonds is 7. The van der Waals surface area contributed by atoms with E-state index in [9.17, 15) is 4.79 Å². The van der Waals surface area contributed by atoms with E-state index in [0.717, 1.165) is 26.1 Å². The molecule has 0 saturated carbocycles. The third kappa shape index (κ3) is 4.60. The van der Waals surface area contributed by atoms with Crippen molar-refractivity contribution >= 4 is 17.2 Å². The van der Waals surface area contributed by atoms with E-state index < -0.39 is 0 Å². The summed E-state index contributed by atoms with van der Waals surface area (Å²) in [5, 5.41) is 5.25. The van der Waals surface area contributed by atoms with Gasteiger partial charge in [-0.1, -0.05) is 19.9 Å². The molecule has 3 nitrogen and oxygen atoms in total.